The molecule has 0 aromatic rings. The van der Waals surface area contributed by atoms with Crippen LogP contribution in [0.15, 0.2) is 0 Å². The molecule has 0 aliphatic heterocycles. The Bertz CT molecular complexity index is 16.3. The van der Waals surface area contributed by atoms with E-state index in [9.17, 15) is 0 Å². The zero-order valence-electron chi connectivity index (χ0n) is 3.76. The molecule has 0 fully saturated rings. The average molecular weight is 127 g/mol. The minimum Gasteiger partial charge on any atom is -0.870 e. The second-order valence-corrected chi connectivity index (χ2v) is 0.250. The Morgan fingerprint density at radius 2 is 1.33 bits per heavy atom. The molecule has 0 aliphatic carbocycles. The van der Waals surface area contributed by atoms with Crippen LogP contribution in [0.4, 0.5) is 0 Å². The van der Waals surface area contributed by atoms with E-state index < -0.39 is 8.69 Å². The van der Waals surface area contributed by atoms with Crippen LogP contribution in [0.2, 0.25) is 0 Å². The van der Waals surface area contributed by atoms with Gasteiger partial charge >= 0.3 is 59.1 Å². The van der Waals surface area contributed by atoms with Crippen molar-refractivity contribution in [2.45, 2.75) is 0 Å². The molecule has 0 radical (unpaired) electrons. The summed E-state index contributed by atoms with van der Waals surface area (Å²) >= 11 is 0. The van der Waals surface area contributed by atoms with E-state index in [-0.39, 0.29) is 64.6 Å². The first kappa shape index (κ1) is 24.5. The first-order valence-electron chi connectivity index (χ1n) is 0.408. The molecule has 0 saturated carbocycles. The molecule has 1 N–H and O–H groups in total. The number of hydrogen-bond acceptors (Lipinski definition) is 3. The Morgan fingerprint density at radius 1 is 1.33 bits per heavy atom. The fraction of sp³-hybridized carbons (Fsp3) is 0. The van der Waals surface area contributed by atoms with Crippen molar-refractivity contribution in [3.63, 3.8) is 0 Å². The third-order valence-corrected chi connectivity index (χ3v) is 0. The first-order chi connectivity index (χ1) is 1.41. The predicted octanol–water partition coefficient (Wildman–Crippen LogP) is -6.88. The van der Waals surface area contributed by atoms with Gasteiger partial charge in [-0.05, 0) is 0 Å². The molecular formula is H2Na2O3P+. The standard InChI is InChI=1S/2Na.HO2P.H2O/c;;1-3-2;/h;;3H;1H2/q2*+1;;/p-1. The topological polar surface area (TPSA) is 70.1 Å². The van der Waals surface area contributed by atoms with Crippen LogP contribution < -0.4 is 64.0 Å². The Balaban J connectivity index is -0.00000000667. The molecule has 0 aliphatic rings. The minimum atomic E-state index is -1.42. The van der Waals surface area contributed by atoms with Crippen molar-refractivity contribution in [3.05, 3.63) is 0 Å². The van der Waals surface area contributed by atoms with Crippen LogP contribution in [0.3, 0.4) is 0 Å². The van der Waals surface area contributed by atoms with Crippen molar-refractivity contribution < 1.29 is 74.0 Å². The van der Waals surface area contributed by atoms with E-state index >= 15 is 0 Å². The van der Waals surface area contributed by atoms with Gasteiger partial charge in [-0.15, -0.1) is 0 Å². The van der Waals surface area contributed by atoms with E-state index in [0.717, 1.165) is 0 Å². The predicted molar refractivity (Wildman–Crippen MR) is 10.9 cm³/mol. The molecule has 3 nitrogen and oxygen atoms in total. The molecule has 0 aromatic carbocycles. The SMILES string of the molecule is O=[PH+][O-].[Na+].[Na+].[OH-]. The van der Waals surface area contributed by atoms with Crippen LogP contribution in [-0.2, 0) is 4.57 Å². The molecule has 0 amide bonds. The molecule has 26 valence electrons. The third kappa shape index (κ3) is 37.2. The number of rotatable bonds is 0. The Labute approximate surface area is 81.7 Å². The second kappa shape index (κ2) is 27.9. The maximum Gasteiger partial charge on any atom is 1.00 e. The monoisotopic (exact) mass is 127 g/mol. The zero-order chi connectivity index (χ0) is 2.71. The van der Waals surface area contributed by atoms with Crippen LogP contribution in [0.1, 0.15) is 0 Å². The molecule has 0 bridgehead atoms. The van der Waals surface area contributed by atoms with Crippen LogP contribution in [0, 0.1) is 0 Å². The Morgan fingerprint density at radius 3 is 1.33 bits per heavy atom. The molecule has 0 heterocycles. The van der Waals surface area contributed by atoms with Gasteiger partial charge < -0.3 is 10.4 Å². The fourth-order valence-corrected chi connectivity index (χ4v) is 0. The Hall–Kier alpha value is 2.02. The van der Waals surface area contributed by atoms with Crippen LogP contribution in [0.5, 0.6) is 0 Å². The molecule has 0 aromatic heterocycles. The van der Waals surface area contributed by atoms with Crippen LogP contribution in [-0.4, -0.2) is 5.48 Å². The summed E-state index contributed by atoms with van der Waals surface area (Å²) in [6, 6.07) is 0. The quantitative estimate of drug-likeness (QED) is 0.240. The summed E-state index contributed by atoms with van der Waals surface area (Å²) in [5.41, 5.74) is 0. The first-order valence-corrected chi connectivity index (χ1v) is 1.22. The van der Waals surface area contributed by atoms with Crippen molar-refractivity contribution in [2.75, 3.05) is 0 Å². The van der Waals surface area contributed by atoms with Gasteiger partial charge in [-0.25, -0.2) is 0 Å². The molecule has 6 heavy (non-hydrogen) atoms. The third-order valence-electron chi connectivity index (χ3n) is 0. The molecule has 0 spiro atoms. The maximum atomic E-state index is 8.40. The van der Waals surface area contributed by atoms with Gasteiger partial charge in [0.2, 0.25) is 0 Å². The summed E-state index contributed by atoms with van der Waals surface area (Å²) < 4.78 is 8.40. The van der Waals surface area contributed by atoms with E-state index in [0.29, 0.717) is 0 Å². The second-order valence-electron chi connectivity index (χ2n) is 0.0833. The van der Waals surface area contributed by atoms with Crippen molar-refractivity contribution in [1.29, 1.82) is 0 Å². The van der Waals surface area contributed by atoms with Crippen molar-refractivity contribution in [3.8, 4) is 0 Å². The normalized spacial score (nSPS) is 3.50. The molecular weight excluding hydrogens is 125 g/mol. The molecule has 1 atom stereocenters. The minimum absolute atomic E-state index is 0. The van der Waals surface area contributed by atoms with E-state index in [1.165, 1.54) is 0 Å². The summed E-state index contributed by atoms with van der Waals surface area (Å²) in [7, 11) is -1.42. The van der Waals surface area contributed by atoms with Crippen LogP contribution >= 0.6 is 8.69 Å². The fourth-order valence-electron chi connectivity index (χ4n) is 0. The summed E-state index contributed by atoms with van der Waals surface area (Å²) in [6.45, 7) is 0. The van der Waals surface area contributed by atoms with Gasteiger partial charge in [-0.2, -0.15) is 0 Å². The smallest absolute Gasteiger partial charge is 0.870 e. The average Bonchev–Trinajstić information content (AvgIpc) is 0.918. The van der Waals surface area contributed by atoms with Gasteiger partial charge in [-0.3, -0.25) is 0 Å². The van der Waals surface area contributed by atoms with Gasteiger partial charge in [0.1, 0.15) is 0 Å². The van der Waals surface area contributed by atoms with Crippen molar-refractivity contribution >= 4 is 8.69 Å². The van der Waals surface area contributed by atoms with Crippen LogP contribution in [0.25, 0.3) is 0 Å². The van der Waals surface area contributed by atoms with Crippen molar-refractivity contribution in [1.82, 2.24) is 0 Å². The van der Waals surface area contributed by atoms with Gasteiger partial charge in [0.05, 0.1) is 0 Å². The van der Waals surface area contributed by atoms with E-state index in [2.05, 4.69) is 0 Å². The summed E-state index contributed by atoms with van der Waals surface area (Å²) in [5.74, 6) is 0. The molecule has 1 unspecified atom stereocenters. The van der Waals surface area contributed by atoms with Gasteiger partial charge in [0.25, 0.3) is 8.69 Å². The zero-order valence-corrected chi connectivity index (χ0v) is 8.76. The maximum absolute atomic E-state index is 8.40. The van der Waals surface area contributed by atoms with Gasteiger partial charge in [0, 0.05) is 0 Å². The summed E-state index contributed by atoms with van der Waals surface area (Å²) in [6.07, 6.45) is 0. The van der Waals surface area contributed by atoms with Gasteiger partial charge in [0.15, 0.2) is 0 Å². The molecule has 6 heteroatoms. The van der Waals surface area contributed by atoms with E-state index in [4.69, 9.17) is 9.46 Å². The van der Waals surface area contributed by atoms with Gasteiger partial charge in [-0.1, -0.05) is 4.57 Å². The molecule has 0 saturated heterocycles. The van der Waals surface area contributed by atoms with E-state index in [1.54, 1.807) is 0 Å². The largest absolute Gasteiger partial charge is 1.00 e. The molecule has 0 rings (SSSR count). The van der Waals surface area contributed by atoms with Crippen molar-refractivity contribution in [2.24, 2.45) is 0 Å². The number of hydrogen-bond donors (Lipinski definition) is 0. The summed E-state index contributed by atoms with van der Waals surface area (Å²) in [5, 5.41) is 0. The van der Waals surface area contributed by atoms with E-state index in [1.807, 2.05) is 0 Å². The Kier molecular flexibility index (Phi) is 114. The summed E-state index contributed by atoms with van der Waals surface area (Å²) in [4.78, 5) is 8.40.